The van der Waals surface area contributed by atoms with Gasteiger partial charge in [-0.25, -0.2) is 4.39 Å². The number of halogens is 1. The van der Waals surface area contributed by atoms with Crippen molar-refractivity contribution in [1.29, 1.82) is 0 Å². The average molecular weight is 384 g/mol. The maximum Gasteiger partial charge on any atom is 0.123 e. The summed E-state index contributed by atoms with van der Waals surface area (Å²) in [6.07, 6.45) is 2.86. The highest BCUT2D eigenvalue weighted by Gasteiger charge is 2.54. The largest absolute Gasteiger partial charge is 0.491 e. The van der Waals surface area contributed by atoms with E-state index in [1.165, 1.54) is 17.7 Å². The second-order valence-electron chi connectivity index (χ2n) is 8.49. The van der Waals surface area contributed by atoms with Gasteiger partial charge < -0.3 is 14.6 Å². The summed E-state index contributed by atoms with van der Waals surface area (Å²) in [6.45, 7) is 4.85. The molecule has 1 saturated heterocycles. The van der Waals surface area contributed by atoms with E-state index in [4.69, 9.17) is 9.47 Å². The fraction of sp³-hybridized carbons (Fsp3) is 0.500. The normalized spacial score (nSPS) is 29.7. The Morgan fingerprint density at radius 3 is 2.64 bits per heavy atom. The van der Waals surface area contributed by atoms with E-state index in [1.54, 1.807) is 0 Å². The quantitative estimate of drug-likeness (QED) is 0.785. The van der Waals surface area contributed by atoms with E-state index in [9.17, 15) is 9.50 Å². The van der Waals surface area contributed by atoms with Gasteiger partial charge in [0.05, 0.1) is 18.3 Å². The van der Waals surface area contributed by atoms with Gasteiger partial charge in [0.1, 0.15) is 11.6 Å². The van der Waals surface area contributed by atoms with E-state index in [0.29, 0.717) is 6.61 Å². The third-order valence-corrected chi connectivity index (χ3v) is 6.33. The van der Waals surface area contributed by atoms with Crippen LogP contribution >= 0.6 is 0 Å². The average Bonchev–Trinajstić information content (AvgIpc) is 3.27. The molecular weight excluding hydrogens is 355 g/mol. The summed E-state index contributed by atoms with van der Waals surface area (Å²) >= 11 is 0. The number of aliphatic hydroxyl groups excluding tert-OH is 1. The van der Waals surface area contributed by atoms with Crippen LogP contribution in [0.2, 0.25) is 0 Å². The van der Waals surface area contributed by atoms with E-state index in [-0.39, 0.29) is 41.9 Å². The van der Waals surface area contributed by atoms with Crippen LogP contribution in [-0.4, -0.2) is 30.0 Å². The number of rotatable bonds is 5. The smallest absolute Gasteiger partial charge is 0.123 e. The number of hydrogen-bond acceptors (Lipinski definition) is 3. The van der Waals surface area contributed by atoms with Gasteiger partial charge in [-0.2, -0.15) is 0 Å². The fourth-order valence-electron chi connectivity index (χ4n) is 5.20. The molecule has 1 aliphatic heterocycles. The van der Waals surface area contributed by atoms with Crippen LogP contribution in [0.4, 0.5) is 4.39 Å². The van der Waals surface area contributed by atoms with Crippen molar-refractivity contribution in [2.24, 2.45) is 5.92 Å². The Bertz CT molecular complexity index is 804. The van der Waals surface area contributed by atoms with Gasteiger partial charge in [0, 0.05) is 18.4 Å². The number of aliphatic hydroxyl groups is 1. The van der Waals surface area contributed by atoms with Crippen molar-refractivity contribution in [2.45, 2.75) is 56.7 Å². The molecule has 0 bridgehead atoms. The molecule has 0 unspecified atom stereocenters. The first-order valence-electron chi connectivity index (χ1n) is 10.3. The van der Waals surface area contributed by atoms with Crippen LogP contribution in [0.5, 0.6) is 5.75 Å². The van der Waals surface area contributed by atoms with Gasteiger partial charge >= 0.3 is 0 Å². The predicted molar refractivity (Wildman–Crippen MR) is 107 cm³/mol. The minimum Gasteiger partial charge on any atom is -0.491 e. The molecule has 0 amide bonds. The van der Waals surface area contributed by atoms with Gasteiger partial charge in [0.25, 0.3) is 0 Å². The van der Waals surface area contributed by atoms with Gasteiger partial charge in [0.2, 0.25) is 0 Å². The number of para-hydroxylation sites is 1. The van der Waals surface area contributed by atoms with Gasteiger partial charge in [-0.1, -0.05) is 30.3 Å². The third-order valence-electron chi connectivity index (χ3n) is 6.33. The molecule has 3 nitrogen and oxygen atoms in total. The summed E-state index contributed by atoms with van der Waals surface area (Å²) in [6, 6.07) is 14.9. The molecule has 2 aromatic rings. The van der Waals surface area contributed by atoms with Crippen LogP contribution in [0.1, 0.15) is 56.1 Å². The maximum absolute atomic E-state index is 13.5. The molecule has 1 heterocycles. The minimum atomic E-state index is -0.305. The van der Waals surface area contributed by atoms with E-state index < -0.39 is 0 Å². The molecule has 150 valence electrons. The summed E-state index contributed by atoms with van der Waals surface area (Å²) in [4.78, 5) is 0. The second kappa shape index (κ2) is 7.84. The Kier molecular flexibility index (Phi) is 5.44. The van der Waals surface area contributed by atoms with Crippen LogP contribution in [0.3, 0.4) is 0 Å². The highest BCUT2D eigenvalue weighted by Crippen LogP contribution is 2.56. The summed E-state index contributed by atoms with van der Waals surface area (Å²) in [5, 5.41) is 9.97. The molecule has 0 aromatic heterocycles. The Labute approximate surface area is 166 Å². The minimum absolute atomic E-state index is 0.0845. The van der Waals surface area contributed by atoms with Crippen molar-refractivity contribution in [3.05, 3.63) is 65.5 Å². The monoisotopic (exact) mass is 384 g/mol. The zero-order chi connectivity index (χ0) is 19.7. The first-order chi connectivity index (χ1) is 13.5. The molecular formula is C24H29FO3. The zero-order valence-corrected chi connectivity index (χ0v) is 16.6. The highest BCUT2D eigenvalue weighted by atomic mass is 19.1. The van der Waals surface area contributed by atoms with Crippen molar-refractivity contribution < 1.29 is 19.0 Å². The molecule has 4 rings (SSSR count). The molecule has 1 N–H and O–H groups in total. The Hall–Kier alpha value is -1.91. The highest BCUT2D eigenvalue weighted by molar-refractivity contribution is 5.38. The van der Waals surface area contributed by atoms with Crippen molar-refractivity contribution in [3.63, 3.8) is 0 Å². The first kappa shape index (κ1) is 19.4. The fourth-order valence-corrected chi connectivity index (χ4v) is 5.20. The Morgan fingerprint density at radius 1 is 1.18 bits per heavy atom. The molecule has 28 heavy (non-hydrogen) atoms. The molecule has 1 spiro atoms. The van der Waals surface area contributed by atoms with Crippen molar-refractivity contribution in [1.82, 2.24) is 0 Å². The van der Waals surface area contributed by atoms with Gasteiger partial charge in [-0.3, -0.25) is 0 Å². The van der Waals surface area contributed by atoms with E-state index in [1.807, 2.05) is 38.1 Å². The third kappa shape index (κ3) is 3.56. The maximum atomic E-state index is 13.5. The van der Waals surface area contributed by atoms with E-state index in [0.717, 1.165) is 30.6 Å². The molecule has 2 fully saturated rings. The molecule has 4 heteroatoms. The van der Waals surface area contributed by atoms with Crippen molar-refractivity contribution in [2.75, 3.05) is 13.2 Å². The molecule has 1 aliphatic carbocycles. The lowest BCUT2D eigenvalue weighted by Gasteiger charge is -2.33. The Balaban J connectivity index is 1.63. The lowest BCUT2D eigenvalue weighted by molar-refractivity contribution is -0.0122. The summed E-state index contributed by atoms with van der Waals surface area (Å²) in [7, 11) is 0. The molecule has 2 aromatic carbocycles. The second-order valence-corrected chi connectivity index (χ2v) is 8.49. The SMILES string of the molecule is CC(C)Oc1ccccc1[C@H]1CO[C@]2(CC[C@H](CO)[C@H]2c2ccc(F)cc2)C1. The zero-order valence-electron chi connectivity index (χ0n) is 16.6. The van der Waals surface area contributed by atoms with Crippen LogP contribution < -0.4 is 4.74 Å². The Morgan fingerprint density at radius 2 is 1.93 bits per heavy atom. The number of hydrogen-bond donors (Lipinski definition) is 1. The molecule has 1 saturated carbocycles. The molecule has 4 atom stereocenters. The summed E-state index contributed by atoms with van der Waals surface area (Å²) in [5.74, 6) is 1.18. The summed E-state index contributed by atoms with van der Waals surface area (Å²) < 4.78 is 26.0. The molecule has 0 radical (unpaired) electrons. The van der Waals surface area contributed by atoms with Crippen LogP contribution in [0, 0.1) is 11.7 Å². The lowest BCUT2D eigenvalue weighted by Crippen LogP contribution is -2.34. The van der Waals surface area contributed by atoms with Crippen molar-refractivity contribution >= 4 is 0 Å². The number of ether oxygens (including phenoxy) is 2. The van der Waals surface area contributed by atoms with Gasteiger partial charge in [-0.15, -0.1) is 0 Å². The van der Waals surface area contributed by atoms with Crippen LogP contribution in [0.25, 0.3) is 0 Å². The lowest BCUT2D eigenvalue weighted by atomic mass is 9.76. The molecule has 2 aliphatic rings. The predicted octanol–water partition coefficient (Wildman–Crippen LogP) is 5.04. The van der Waals surface area contributed by atoms with Crippen LogP contribution in [-0.2, 0) is 4.74 Å². The number of benzene rings is 2. The standard InChI is InChI=1S/C24H29FO3/c1-16(2)28-22-6-4-3-5-21(22)19-13-24(27-15-19)12-11-18(14-26)23(24)17-7-9-20(25)10-8-17/h3-10,16,18-19,23,26H,11-15H2,1-2H3/t18-,19-,23-,24-/m1/s1. The summed E-state index contributed by atoms with van der Waals surface area (Å²) in [5.41, 5.74) is 1.95. The van der Waals surface area contributed by atoms with E-state index in [2.05, 4.69) is 12.1 Å². The first-order valence-corrected chi connectivity index (χ1v) is 10.3. The van der Waals surface area contributed by atoms with Gasteiger partial charge in [0.15, 0.2) is 0 Å². The topological polar surface area (TPSA) is 38.7 Å². The van der Waals surface area contributed by atoms with Crippen LogP contribution in [0.15, 0.2) is 48.5 Å². The van der Waals surface area contributed by atoms with E-state index >= 15 is 0 Å². The van der Waals surface area contributed by atoms with Gasteiger partial charge in [-0.05, 0) is 68.4 Å². The van der Waals surface area contributed by atoms with Crippen molar-refractivity contribution in [3.8, 4) is 5.75 Å².